The Labute approximate surface area is 83.0 Å². The summed E-state index contributed by atoms with van der Waals surface area (Å²) < 4.78 is 5.37. The lowest BCUT2D eigenvalue weighted by Gasteiger charge is -2.35. The highest BCUT2D eigenvalue weighted by Gasteiger charge is 2.38. The van der Waals surface area contributed by atoms with E-state index in [2.05, 4.69) is 0 Å². The van der Waals surface area contributed by atoms with Crippen molar-refractivity contribution in [1.29, 1.82) is 0 Å². The van der Waals surface area contributed by atoms with Crippen LogP contribution in [-0.4, -0.2) is 42.5 Å². The average Bonchev–Trinajstić information content (AvgIpc) is 3.00. The second-order valence-corrected chi connectivity index (χ2v) is 3.97. The van der Waals surface area contributed by atoms with Crippen LogP contribution in [0.4, 0.5) is 0 Å². The maximum absolute atomic E-state index is 11.4. The molecular weight excluding hydrogens is 190 g/mol. The molecule has 3 nitrogen and oxygen atoms in total. The Morgan fingerprint density at radius 3 is 2.92 bits per heavy atom. The first-order chi connectivity index (χ1) is 6.33. The number of alkyl halides is 1. The summed E-state index contributed by atoms with van der Waals surface area (Å²) in [4.78, 5) is 13.3. The molecule has 74 valence electrons. The zero-order valence-electron chi connectivity index (χ0n) is 7.54. The lowest BCUT2D eigenvalue weighted by molar-refractivity contribution is -0.137. The summed E-state index contributed by atoms with van der Waals surface area (Å²) in [5, 5.41) is 0. The minimum Gasteiger partial charge on any atom is -0.377 e. The Kier molecular flexibility index (Phi) is 2.74. The summed E-state index contributed by atoms with van der Waals surface area (Å²) in [6.45, 7) is 2.08. The van der Waals surface area contributed by atoms with Crippen LogP contribution in [0.15, 0.2) is 0 Å². The van der Waals surface area contributed by atoms with Crippen LogP contribution in [0, 0.1) is 5.92 Å². The molecule has 4 heteroatoms. The fraction of sp³-hybridized carbons (Fsp3) is 0.889. The highest BCUT2D eigenvalue weighted by molar-refractivity contribution is 6.27. The summed E-state index contributed by atoms with van der Waals surface area (Å²) in [6.07, 6.45) is 2.47. The van der Waals surface area contributed by atoms with Gasteiger partial charge in [0.05, 0.1) is 19.3 Å². The molecule has 2 aliphatic rings. The van der Waals surface area contributed by atoms with Crippen LogP contribution in [0.1, 0.15) is 12.8 Å². The molecule has 0 unspecified atom stereocenters. The average molecular weight is 204 g/mol. The molecule has 1 atom stereocenters. The number of carbonyl (C=O) groups is 1. The van der Waals surface area contributed by atoms with Crippen LogP contribution in [0.5, 0.6) is 0 Å². The maximum atomic E-state index is 11.4. The van der Waals surface area contributed by atoms with Gasteiger partial charge in [-0.25, -0.2) is 0 Å². The van der Waals surface area contributed by atoms with Gasteiger partial charge in [0, 0.05) is 6.54 Å². The van der Waals surface area contributed by atoms with Crippen molar-refractivity contribution < 1.29 is 9.53 Å². The number of hydrogen-bond donors (Lipinski definition) is 0. The Bertz CT molecular complexity index is 206. The van der Waals surface area contributed by atoms with Gasteiger partial charge in [0.25, 0.3) is 0 Å². The van der Waals surface area contributed by atoms with Gasteiger partial charge < -0.3 is 9.64 Å². The van der Waals surface area contributed by atoms with Gasteiger partial charge in [-0.1, -0.05) is 0 Å². The molecule has 1 amide bonds. The van der Waals surface area contributed by atoms with Crippen molar-refractivity contribution in [3.63, 3.8) is 0 Å². The third-order valence-corrected chi connectivity index (χ3v) is 2.99. The first-order valence-electron chi connectivity index (χ1n) is 4.76. The van der Waals surface area contributed by atoms with Gasteiger partial charge in [0.2, 0.25) is 5.91 Å². The van der Waals surface area contributed by atoms with E-state index in [0.717, 1.165) is 0 Å². The Morgan fingerprint density at radius 2 is 2.31 bits per heavy atom. The van der Waals surface area contributed by atoms with Gasteiger partial charge in [-0.15, -0.1) is 11.6 Å². The van der Waals surface area contributed by atoms with Crippen molar-refractivity contribution in [1.82, 2.24) is 4.90 Å². The number of carbonyl (C=O) groups excluding carboxylic acids is 1. The Balaban J connectivity index is 1.99. The van der Waals surface area contributed by atoms with E-state index in [1.54, 1.807) is 0 Å². The molecule has 0 aromatic rings. The van der Waals surface area contributed by atoms with Crippen LogP contribution in [-0.2, 0) is 9.53 Å². The van der Waals surface area contributed by atoms with E-state index < -0.39 is 0 Å². The largest absolute Gasteiger partial charge is 0.377 e. The van der Waals surface area contributed by atoms with Crippen LogP contribution in [0.3, 0.4) is 0 Å². The molecule has 0 spiro atoms. The topological polar surface area (TPSA) is 29.5 Å². The molecule has 1 saturated heterocycles. The monoisotopic (exact) mass is 203 g/mol. The first-order valence-corrected chi connectivity index (χ1v) is 5.29. The maximum Gasteiger partial charge on any atom is 0.237 e. The number of nitrogens with zero attached hydrogens (tertiary/aromatic N) is 1. The minimum absolute atomic E-state index is 0.0573. The molecule has 0 bridgehead atoms. The lowest BCUT2D eigenvalue weighted by atomic mass is 10.1. The van der Waals surface area contributed by atoms with Crippen molar-refractivity contribution in [2.75, 3.05) is 25.6 Å². The quantitative estimate of drug-likeness (QED) is 0.624. The fourth-order valence-corrected chi connectivity index (χ4v) is 2.03. The van der Waals surface area contributed by atoms with Gasteiger partial charge in [-0.05, 0) is 18.8 Å². The van der Waals surface area contributed by atoms with Crippen molar-refractivity contribution in [3.05, 3.63) is 0 Å². The Hall–Kier alpha value is -0.280. The van der Waals surface area contributed by atoms with Crippen LogP contribution in [0.25, 0.3) is 0 Å². The zero-order chi connectivity index (χ0) is 9.26. The third-order valence-electron chi connectivity index (χ3n) is 2.77. The summed E-state index contributed by atoms with van der Waals surface area (Å²) in [6, 6.07) is 0.306. The van der Waals surface area contributed by atoms with Gasteiger partial charge in [-0.3, -0.25) is 4.79 Å². The smallest absolute Gasteiger partial charge is 0.237 e. The van der Waals surface area contributed by atoms with Crippen molar-refractivity contribution in [2.24, 2.45) is 5.92 Å². The van der Waals surface area contributed by atoms with Crippen molar-refractivity contribution in [3.8, 4) is 0 Å². The molecular formula is C9H14ClNO2. The summed E-state index contributed by atoms with van der Waals surface area (Å²) in [7, 11) is 0. The molecule has 1 aliphatic heterocycles. The fourth-order valence-electron chi connectivity index (χ4n) is 1.88. The van der Waals surface area contributed by atoms with Crippen LogP contribution in [0.2, 0.25) is 0 Å². The molecule has 13 heavy (non-hydrogen) atoms. The highest BCUT2D eigenvalue weighted by atomic mass is 35.5. The van der Waals surface area contributed by atoms with E-state index in [-0.39, 0.29) is 11.8 Å². The van der Waals surface area contributed by atoms with E-state index in [9.17, 15) is 4.79 Å². The molecule has 1 aliphatic carbocycles. The van der Waals surface area contributed by atoms with E-state index in [1.807, 2.05) is 4.90 Å². The van der Waals surface area contributed by atoms with E-state index in [0.29, 0.717) is 31.7 Å². The molecule has 0 radical (unpaired) electrons. The summed E-state index contributed by atoms with van der Waals surface area (Å²) >= 11 is 5.54. The molecule has 2 fully saturated rings. The van der Waals surface area contributed by atoms with Gasteiger partial charge in [0.15, 0.2) is 0 Å². The standard InChI is InChI=1S/C9H14ClNO2/c10-5-9(12)11-3-4-13-6-8(11)7-1-2-7/h7-8H,1-6H2/t8-/m1/s1. The van der Waals surface area contributed by atoms with Crippen molar-refractivity contribution in [2.45, 2.75) is 18.9 Å². The van der Waals surface area contributed by atoms with Gasteiger partial charge in [0.1, 0.15) is 5.88 Å². The van der Waals surface area contributed by atoms with E-state index in [1.165, 1.54) is 12.8 Å². The SMILES string of the molecule is O=C(CCl)N1CCOC[C@@H]1C1CC1. The molecule has 2 rings (SSSR count). The molecule has 1 saturated carbocycles. The number of halogens is 1. The van der Waals surface area contributed by atoms with E-state index >= 15 is 0 Å². The number of ether oxygens (including phenoxy) is 1. The molecule has 1 heterocycles. The Morgan fingerprint density at radius 1 is 1.54 bits per heavy atom. The second kappa shape index (κ2) is 3.84. The van der Waals surface area contributed by atoms with Crippen LogP contribution >= 0.6 is 11.6 Å². The highest BCUT2D eigenvalue weighted by Crippen LogP contribution is 2.36. The minimum atomic E-state index is 0.0573. The lowest BCUT2D eigenvalue weighted by Crippen LogP contribution is -2.50. The molecule has 0 aromatic carbocycles. The summed E-state index contributed by atoms with van der Waals surface area (Å²) in [5.74, 6) is 0.831. The second-order valence-electron chi connectivity index (χ2n) is 3.70. The summed E-state index contributed by atoms with van der Waals surface area (Å²) in [5.41, 5.74) is 0. The zero-order valence-corrected chi connectivity index (χ0v) is 8.29. The normalized spacial score (nSPS) is 29.0. The predicted octanol–water partition coefficient (Wildman–Crippen LogP) is 0.863. The molecule has 0 N–H and O–H groups in total. The third kappa shape index (κ3) is 1.97. The first kappa shape index (κ1) is 9.28. The van der Waals surface area contributed by atoms with Crippen molar-refractivity contribution >= 4 is 17.5 Å². The van der Waals surface area contributed by atoms with Gasteiger partial charge >= 0.3 is 0 Å². The van der Waals surface area contributed by atoms with Crippen LogP contribution < -0.4 is 0 Å². The van der Waals surface area contributed by atoms with Gasteiger partial charge in [-0.2, -0.15) is 0 Å². The number of hydrogen-bond acceptors (Lipinski definition) is 2. The number of morpholine rings is 1. The van der Waals surface area contributed by atoms with E-state index in [4.69, 9.17) is 16.3 Å². The number of rotatable bonds is 2. The number of amides is 1. The predicted molar refractivity (Wildman–Crippen MR) is 49.8 cm³/mol. The molecule has 0 aromatic heterocycles.